The minimum absolute atomic E-state index is 0.556. The van der Waals surface area contributed by atoms with E-state index in [0.29, 0.717) is 10.1 Å². The first-order chi connectivity index (χ1) is 10.6. The van der Waals surface area contributed by atoms with Crippen molar-refractivity contribution < 1.29 is 4.74 Å². The van der Waals surface area contributed by atoms with Crippen molar-refractivity contribution in [3.8, 4) is 5.75 Å². The van der Waals surface area contributed by atoms with Crippen LogP contribution < -0.4 is 15.4 Å². The predicted molar refractivity (Wildman–Crippen MR) is 100 cm³/mol. The Labute approximate surface area is 149 Å². The number of hydrogen-bond donors (Lipinski definition) is 2. The molecule has 2 aromatic rings. The lowest BCUT2D eigenvalue weighted by atomic mass is 10.1. The van der Waals surface area contributed by atoms with Crippen LogP contribution >= 0.6 is 39.7 Å². The molecule has 2 N–H and O–H groups in total. The van der Waals surface area contributed by atoms with E-state index in [1.165, 1.54) is 5.56 Å². The highest BCUT2D eigenvalue weighted by molar-refractivity contribution is 9.10. The SMILES string of the molecule is COc1ccc(CCNC(=S)Nc2ccccc2Cl)cc1Br. The van der Waals surface area contributed by atoms with E-state index in [1.54, 1.807) is 7.11 Å². The van der Waals surface area contributed by atoms with Gasteiger partial charge in [0.25, 0.3) is 0 Å². The van der Waals surface area contributed by atoms with Crippen LogP contribution in [-0.2, 0) is 6.42 Å². The molecule has 0 saturated carbocycles. The van der Waals surface area contributed by atoms with Crippen LogP contribution in [0.3, 0.4) is 0 Å². The van der Waals surface area contributed by atoms with Gasteiger partial charge < -0.3 is 15.4 Å². The molecule has 0 aliphatic carbocycles. The van der Waals surface area contributed by atoms with Crippen molar-refractivity contribution in [1.29, 1.82) is 0 Å². The zero-order chi connectivity index (χ0) is 15.9. The summed E-state index contributed by atoms with van der Waals surface area (Å²) < 4.78 is 6.16. The fourth-order valence-electron chi connectivity index (χ4n) is 1.91. The smallest absolute Gasteiger partial charge is 0.170 e. The fraction of sp³-hybridized carbons (Fsp3) is 0.188. The van der Waals surface area contributed by atoms with Gasteiger partial charge in [0, 0.05) is 6.54 Å². The fourth-order valence-corrected chi connectivity index (χ4v) is 2.90. The molecule has 3 nitrogen and oxygen atoms in total. The summed E-state index contributed by atoms with van der Waals surface area (Å²) in [6.07, 6.45) is 0.854. The van der Waals surface area contributed by atoms with E-state index < -0.39 is 0 Å². The highest BCUT2D eigenvalue weighted by atomic mass is 79.9. The first kappa shape index (κ1) is 17.1. The second kappa shape index (κ2) is 8.36. The Morgan fingerprint density at radius 3 is 2.73 bits per heavy atom. The second-order valence-corrected chi connectivity index (χ2v) is 6.25. The van der Waals surface area contributed by atoms with Crippen molar-refractivity contribution in [3.63, 3.8) is 0 Å². The molecule has 0 amide bonds. The van der Waals surface area contributed by atoms with Crippen LogP contribution in [-0.4, -0.2) is 18.8 Å². The van der Waals surface area contributed by atoms with Crippen molar-refractivity contribution in [2.75, 3.05) is 19.0 Å². The molecule has 6 heteroatoms. The number of ether oxygens (including phenoxy) is 1. The van der Waals surface area contributed by atoms with E-state index in [0.717, 1.165) is 28.9 Å². The van der Waals surface area contributed by atoms with E-state index >= 15 is 0 Å². The van der Waals surface area contributed by atoms with Gasteiger partial charge in [-0.05, 0) is 64.4 Å². The van der Waals surface area contributed by atoms with Gasteiger partial charge in [0.05, 0.1) is 22.3 Å². The van der Waals surface area contributed by atoms with Gasteiger partial charge >= 0.3 is 0 Å². The Bertz CT molecular complexity index is 666. The molecular weight excluding hydrogens is 384 g/mol. The molecule has 22 heavy (non-hydrogen) atoms. The Morgan fingerprint density at radius 2 is 2.05 bits per heavy atom. The number of anilines is 1. The van der Waals surface area contributed by atoms with Crippen molar-refractivity contribution >= 4 is 50.5 Å². The summed E-state index contributed by atoms with van der Waals surface area (Å²) in [4.78, 5) is 0. The monoisotopic (exact) mass is 398 g/mol. The van der Waals surface area contributed by atoms with Crippen LogP contribution in [0, 0.1) is 0 Å². The van der Waals surface area contributed by atoms with Crippen molar-refractivity contribution in [2.45, 2.75) is 6.42 Å². The number of thiocarbonyl (C=S) groups is 1. The summed E-state index contributed by atoms with van der Waals surface area (Å²) >= 11 is 14.8. The normalized spacial score (nSPS) is 10.1. The molecule has 2 rings (SSSR count). The maximum absolute atomic E-state index is 6.08. The number of methoxy groups -OCH3 is 1. The Balaban J connectivity index is 1.82. The van der Waals surface area contributed by atoms with Crippen LogP contribution in [0.1, 0.15) is 5.56 Å². The van der Waals surface area contributed by atoms with Crippen LogP contribution in [0.2, 0.25) is 5.02 Å². The van der Waals surface area contributed by atoms with Gasteiger partial charge in [0.2, 0.25) is 0 Å². The van der Waals surface area contributed by atoms with Gasteiger partial charge in [-0.15, -0.1) is 0 Å². The maximum Gasteiger partial charge on any atom is 0.170 e. The number of rotatable bonds is 5. The molecule has 0 spiro atoms. The van der Waals surface area contributed by atoms with E-state index in [1.807, 2.05) is 42.5 Å². The van der Waals surface area contributed by atoms with Crippen molar-refractivity contribution in [2.24, 2.45) is 0 Å². The predicted octanol–water partition coefficient (Wildman–Crippen LogP) is 4.64. The van der Waals surface area contributed by atoms with Crippen molar-refractivity contribution in [3.05, 3.63) is 57.5 Å². The number of nitrogens with one attached hydrogen (secondary N) is 2. The van der Waals surface area contributed by atoms with E-state index in [4.69, 9.17) is 28.6 Å². The largest absolute Gasteiger partial charge is 0.496 e. The highest BCUT2D eigenvalue weighted by Gasteiger charge is 2.03. The summed E-state index contributed by atoms with van der Waals surface area (Å²) in [7, 11) is 1.65. The number of hydrogen-bond acceptors (Lipinski definition) is 2. The quantitative estimate of drug-likeness (QED) is 0.718. The maximum atomic E-state index is 6.08. The molecule has 0 aliphatic heterocycles. The number of halogens is 2. The minimum Gasteiger partial charge on any atom is -0.496 e. The first-order valence-corrected chi connectivity index (χ1v) is 8.30. The summed E-state index contributed by atoms with van der Waals surface area (Å²) in [5, 5.41) is 7.46. The molecule has 0 aromatic heterocycles. The zero-order valence-corrected chi connectivity index (χ0v) is 15.2. The van der Waals surface area contributed by atoms with Gasteiger partial charge in [-0.3, -0.25) is 0 Å². The summed E-state index contributed by atoms with van der Waals surface area (Å²) in [5.74, 6) is 0.826. The third kappa shape index (κ3) is 4.87. The number of para-hydroxylation sites is 1. The van der Waals surface area contributed by atoms with Gasteiger partial charge in [-0.2, -0.15) is 0 Å². The van der Waals surface area contributed by atoms with Gasteiger partial charge in [-0.25, -0.2) is 0 Å². The van der Waals surface area contributed by atoms with E-state index in [2.05, 4.69) is 26.6 Å². The Morgan fingerprint density at radius 1 is 1.27 bits per heavy atom. The zero-order valence-electron chi connectivity index (χ0n) is 12.0. The molecular formula is C16H16BrClN2OS. The lowest BCUT2D eigenvalue weighted by Gasteiger charge is -2.12. The molecule has 0 heterocycles. The molecule has 0 fully saturated rings. The van der Waals surface area contributed by atoms with Gasteiger partial charge in [0.1, 0.15) is 5.75 Å². The summed E-state index contributed by atoms with van der Waals surface area (Å²) in [6.45, 7) is 0.731. The first-order valence-electron chi connectivity index (χ1n) is 6.72. The Kier molecular flexibility index (Phi) is 6.49. The molecule has 0 atom stereocenters. The Hall–Kier alpha value is -1.30. The van der Waals surface area contributed by atoms with E-state index in [-0.39, 0.29) is 0 Å². The molecule has 0 radical (unpaired) electrons. The van der Waals surface area contributed by atoms with Crippen LogP contribution in [0.4, 0.5) is 5.69 Å². The van der Waals surface area contributed by atoms with E-state index in [9.17, 15) is 0 Å². The van der Waals surface area contributed by atoms with Crippen LogP contribution in [0.5, 0.6) is 5.75 Å². The second-order valence-electron chi connectivity index (χ2n) is 4.58. The lowest BCUT2D eigenvalue weighted by Crippen LogP contribution is -2.30. The average Bonchev–Trinajstić information content (AvgIpc) is 2.50. The molecule has 116 valence electrons. The van der Waals surface area contributed by atoms with Crippen LogP contribution in [0.25, 0.3) is 0 Å². The highest BCUT2D eigenvalue weighted by Crippen LogP contribution is 2.25. The third-order valence-corrected chi connectivity index (χ3v) is 4.23. The van der Waals surface area contributed by atoms with Gasteiger partial charge in [0.15, 0.2) is 5.11 Å². The summed E-state index contributed by atoms with van der Waals surface area (Å²) in [6, 6.07) is 13.5. The molecule has 0 unspecified atom stereocenters. The minimum atomic E-state index is 0.556. The van der Waals surface area contributed by atoms with Gasteiger partial charge in [-0.1, -0.05) is 29.8 Å². The van der Waals surface area contributed by atoms with Crippen LogP contribution in [0.15, 0.2) is 46.9 Å². The molecule has 2 aromatic carbocycles. The molecule has 0 saturated heterocycles. The molecule has 0 bridgehead atoms. The number of benzene rings is 2. The summed E-state index contributed by atoms with van der Waals surface area (Å²) in [5.41, 5.74) is 1.99. The molecule has 0 aliphatic rings. The third-order valence-electron chi connectivity index (χ3n) is 3.04. The van der Waals surface area contributed by atoms with Crippen molar-refractivity contribution in [1.82, 2.24) is 5.32 Å². The topological polar surface area (TPSA) is 33.3 Å². The average molecular weight is 400 g/mol. The standard InChI is InChI=1S/C16H16BrClN2OS/c1-21-15-7-6-11(10-12(15)17)8-9-19-16(22)20-14-5-3-2-4-13(14)18/h2-7,10H,8-9H2,1H3,(H2,19,20,22). The lowest BCUT2D eigenvalue weighted by molar-refractivity contribution is 0.412.